The van der Waals surface area contributed by atoms with Gasteiger partial charge in [-0.05, 0) is 93.8 Å². The zero-order chi connectivity index (χ0) is 14.7. The van der Waals surface area contributed by atoms with Gasteiger partial charge < -0.3 is 0 Å². The molecule has 0 aromatic carbocycles. The molecule has 0 aromatic heterocycles. The van der Waals surface area contributed by atoms with Crippen LogP contribution in [-0.4, -0.2) is 0 Å². The van der Waals surface area contributed by atoms with Crippen LogP contribution in [0.1, 0.15) is 71.6 Å². The van der Waals surface area contributed by atoms with Gasteiger partial charge in [-0.15, -0.1) is 6.42 Å². The molecule has 0 heterocycles. The second kappa shape index (κ2) is 4.65. The van der Waals surface area contributed by atoms with Crippen LogP contribution in [0, 0.1) is 46.8 Å². The molecule has 4 aliphatic rings. The van der Waals surface area contributed by atoms with Gasteiger partial charge in [0, 0.05) is 5.41 Å². The first kappa shape index (κ1) is 13.9. The molecular weight excluding hydrogens is 252 g/mol. The van der Waals surface area contributed by atoms with E-state index in [4.69, 9.17) is 6.42 Å². The normalized spacial score (nSPS) is 52.1. The second-order valence-corrected chi connectivity index (χ2v) is 8.76. The molecule has 0 aliphatic heterocycles. The molecule has 0 amide bonds. The highest BCUT2D eigenvalue weighted by Crippen LogP contribution is 2.67. The lowest BCUT2D eigenvalue weighted by Crippen LogP contribution is -2.48. The lowest BCUT2D eigenvalue weighted by atomic mass is 9.49. The van der Waals surface area contributed by atoms with E-state index in [-0.39, 0.29) is 5.41 Å². The lowest BCUT2D eigenvalue weighted by molar-refractivity contribution is -0.0349. The molecule has 3 fully saturated rings. The monoisotopic (exact) mass is 282 g/mol. The van der Waals surface area contributed by atoms with Crippen LogP contribution in [0.3, 0.4) is 0 Å². The van der Waals surface area contributed by atoms with E-state index in [2.05, 4.69) is 25.8 Å². The molecular formula is C21H30. The van der Waals surface area contributed by atoms with Crippen molar-refractivity contribution in [3.8, 4) is 12.3 Å². The van der Waals surface area contributed by atoms with Gasteiger partial charge in [-0.25, -0.2) is 0 Å². The number of hydrogen-bond donors (Lipinski definition) is 0. The molecule has 3 saturated carbocycles. The highest BCUT2D eigenvalue weighted by molar-refractivity contribution is 5.22. The SMILES string of the molecule is C#C[C@]1(C)CC[C@H]2[C@@H]3CCC4=CCCC[C@@H]4[C@H]3CC[C@@]21C. The van der Waals surface area contributed by atoms with E-state index in [0.29, 0.717) is 5.41 Å². The Morgan fingerprint density at radius 1 is 1.10 bits per heavy atom. The van der Waals surface area contributed by atoms with Crippen molar-refractivity contribution in [3.05, 3.63) is 11.6 Å². The predicted molar refractivity (Wildman–Crippen MR) is 88.6 cm³/mol. The van der Waals surface area contributed by atoms with E-state index >= 15 is 0 Å². The first-order chi connectivity index (χ1) is 10.1. The fourth-order valence-corrected chi connectivity index (χ4v) is 6.81. The Kier molecular flexibility index (Phi) is 3.08. The summed E-state index contributed by atoms with van der Waals surface area (Å²) in [6.45, 7) is 4.91. The van der Waals surface area contributed by atoms with Crippen LogP contribution in [0.5, 0.6) is 0 Å². The Morgan fingerprint density at radius 2 is 1.95 bits per heavy atom. The summed E-state index contributed by atoms with van der Waals surface area (Å²) in [7, 11) is 0. The zero-order valence-corrected chi connectivity index (χ0v) is 13.8. The van der Waals surface area contributed by atoms with Crippen molar-refractivity contribution in [1.82, 2.24) is 0 Å². The molecule has 0 saturated heterocycles. The van der Waals surface area contributed by atoms with Crippen molar-refractivity contribution >= 4 is 0 Å². The molecule has 4 rings (SSSR count). The molecule has 0 aromatic rings. The third-order valence-corrected chi connectivity index (χ3v) is 8.30. The molecule has 0 heteroatoms. The minimum absolute atomic E-state index is 0.158. The topological polar surface area (TPSA) is 0 Å². The van der Waals surface area contributed by atoms with Gasteiger partial charge >= 0.3 is 0 Å². The Morgan fingerprint density at radius 3 is 2.76 bits per heavy atom. The van der Waals surface area contributed by atoms with Gasteiger partial charge in [-0.1, -0.05) is 24.5 Å². The third-order valence-electron chi connectivity index (χ3n) is 8.30. The van der Waals surface area contributed by atoms with Crippen molar-refractivity contribution in [1.29, 1.82) is 0 Å². The molecule has 0 N–H and O–H groups in total. The van der Waals surface area contributed by atoms with Gasteiger partial charge in [-0.3, -0.25) is 0 Å². The number of terminal acetylenes is 1. The van der Waals surface area contributed by atoms with E-state index in [9.17, 15) is 0 Å². The first-order valence-corrected chi connectivity index (χ1v) is 9.26. The average Bonchev–Trinajstić information content (AvgIpc) is 2.79. The van der Waals surface area contributed by atoms with Crippen LogP contribution in [0.15, 0.2) is 11.6 Å². The molecule has 0 nitrogen and oxygen atoms in total. The zero-order valence-electron chi connectivity index (χ0n) is 13.8. The van der Waals surface area contributed by atoms with Crippen molar-refractivity contribution in [3.63, 3.8) is 0 Å². The molecule has 21 heavy (non-hydrogen) atoms. The quantitative estimate of drug-likeness (QED) is 0.401. The second-order valence-electron chi connectivity index (χ2n) is 8.76. The number of allylic oxidation sites excluding steroid dienone is 2. The maximum absolute atomic E-state index is 5.98. The van der Waals surface area contributed by atoms with Crippen LogP contribution in [-0.2, 0) is 0 Å². The molecule has 0 radical (unpaired) electrons. The van der Waals surface area contributed by atoms with Gasteiger partial charge in [0.15, 0.2) is 0 Å². The van der Waals surface area contributed by atoms with Crippen molar-refractivity contribution in [2.75, 3.05) is 0 Å². The van der Waals surface area contributed by atoms with Crippen LogP contribution < -0.4 is 0 Å². The largest absolute Gasteiger partial charge is 0.120 e. The number of fused-ring (bicyclic) bond motifs is 5. The van der Waals surface area contributed by atoms with Crippen molar-refractivity contribution in [2.45, 2.75) is 71.6 Å². The Hall–Kier alpha value is -0.700. The van der Waals surface area contributed by atoms with Gasteiger partial charge in [0.25, 0.3) is 0 Å². The summed E-state index contributed by atoms with van der Waals surface area (Å²) < 4.78 is 0. The summed E-state index contributed by atoms with van der Waals surface area (Å²) in [5.41, 5.74) is 2.41. The number of rotatable bonds is 0. The summed E-state index contributed by atoms with van der Waals surface area (Å²) in [4.78, 5) is 0. The third kappa shape index (κ3) is 1.76. The highest BCUT2D eigenvalue weighted by atomic mass is 14.6. The first-order valence-electron chi connectivity index (χ1n) is 9.26. The molecule has 0 bridgehead atoms. The van der Waals surface area contributed by atoms with E-state index in [1.54, 1.807) is 0 Å². The Bertz CT molecular complexity index is 507. The number of hydrogen-bond acceptors (Lipinski definition) is 0. The fraction of sp³-hybridized carbons (Fsp3) is 0.810. The van der Waals surface area contributed by atoms with Crippen LogP contribution in [0.4, 0.5) is 0 Å². The predicted octanol–water partition coefficient (Wildman–Crippen LogP) is 5.59. The molecule has 0 unspecified atom stereocenters. The van der Waals surface area contributed by atoms with E-state index in [1.807, 2.05) is 5.57 Å². The smallest absolute Gasteiger partial charge is 0.0340 e. The summed E-state index contributed by atoms with van der Waals surface area (Å²) in [6.07, 6.45) is 21.1. The maximum atomic E-state index is 5.98. The van der Waals surface area contributed by atoms with Gasteiger partial charge in [-0.2, -0.15) is 0 Å². The van der Waals surface area contributed by atoms with Crippen LogP contribution in [0.25, 0.3) is 0 Å². The summed E-state index contributed by atoms with van der Waals surface area (Å²) in [5, 5.41) is 0. The van der Waals surface area contributed by atoms with Crippen LogP contribution >= 0.6 is 0 Å². The molecule has 4 aliphatic carbocycles. The van der Waals surface area contributed by atoms with E-state index in [0.717, 1.165) is 23.7 Å². The molecule has 114 valence electrons. The highest BCUT2D eigenvalue weighted by Gasteiger charge is 2.60. The minimum Gasteiger partial charge on any atom is -0.120 e. The fourth-order valence-electron chi connectivity index (χ4n) is 6.81. The molecule has 0 spiro atoms. The van der Waals surface area contributed by atoms with Crippen molar-refractivity contribution < 1.29 is 0 Å². The summed E-state index contributed by atoms with van der Waals surface area (Å²) in [6, 6.07) is 0. The average molecular weight is 282 g/mol. The standard InChI is InChI=1S/C21H30/c1-4-20(2)13-12-19-18-10-9-15-7-5-6-8-16(15)17(18)11-14-21(19,20)3/h1,7,16-19H,5-6,8-14H2,2-3H3/t16-,17+,18+,19-,20+,21-/m0/s1. The van der Waals surface area contributed by atoms with Gasteiger partial charge in [0.2, 0.25) is 0 Å². The van der Waals surface area contributed by atoms with Gasteiger partial charge in [0.05, 0.1) is 0 Å². The maximum Gasteiger partial charge on any atom is 0.0340 e. The van der Waals surface area contributed by atoms with Gasteiger partial charge in [0.1, 0.15) is 0 Å². The summed E-state index contributed by atoms with van der Waals surface area (Å²) >= 11 is 0. The van der Waals surface area contributed by atoms with Crippen molar-refractivity contribution in [2.24, 2.45) is 34.5 Å². The Balaban J connectivity index is 1.66. The van der Waals surface area contributed by atoms with E-state index in [1.165, 1.54) is 57.8 Å². The van der Waals surface area contributed by atoms with Crippen LogP contribution in [0.2, 0.25) is 0 Å². The lowest BCUT2D eigenvalue weighted by Gasteiger charge is -2.55. The molecule has 6 atom stereocenters. The summed E-state index contributed by atoms with van der Waals surface area (Å²) in [5.74, 6) is 7.03. The van der Waals surface area contributed by atoms with E-state index < -0.39 is 0 Å². The Labute approximate surface area is 130 Å². The minimum atomic E-state index is 0.158.